The van der Waals surface area contributed by atoms with Gasteiger partial charge in [0.15, 0.2) is 0 Å². The zero-order valence-corrected chi connectivity index (χ0v) is 9.28. The number of nitrogen functional groups attached to an aromatic ring is 1. The van der Waals surface area contributed by atoms with Gasteiger partial charge < -0.3 is 10.6 Å². The van der Waals surface area contributed by atoms with Crippen LogP contribution in [0.3, 0.4) is 0 Å². The van der Waals surface area contributed by atoms with Gasteiger partial charge in [0, 0.05) is 12.1 Å². The highest BCUT2D eigenvalue weighted by molar-refractivity contribution is 5.41. The zero-order valence-electron chi connectivity index (χ0n) is 9.28. The van der Waals surface area contributed by atoms with Gasteiger partial charge in [-0.2, -0.15) is 0 Å². The van der Waals surface area contributed by atoms with Crippen LogP contribution in [-0.2, 0) is 0 Å². The molecular weight excluding hydrogens is 176 g/mol. The number of nitrogens with zero attached hydrogens (tertiary/aromatic N) is 3. The van der Waals surface area contributed by atoms with Gasteiger partial charge in [-0.05, 0) is 27.7 Å². The van der Waals surface area contributed by atoms with Crippen molar-refractivity contribution in [3.8, 4) is 0 Å². The van der Waals surface area contributed by atoms with Crippen molar-refractivity contribution in [3.63, 3.8) is 0 Å². The highest BCUT2D eigenvalue weighted by Crippen LogP contribution is 2.20. The summed E-state index contributed by atoms with van der Waals surface area (Å²) >= 11 is 0. The summed E-state index contributed by atoms with van der Waals surface area (Å²) in [6.45, 7) is 9.45. The van der Waals surface area contributed by atoms with E-state index in [2.05, 4.69) is 42.6 Å². The van der Waals surface area contributed by atoms with Crippen LogP contribution in [0.15, 0.2) is 12.4 Å². The molecule has 0 aliphatic carbocycles. The highest BCUT2D eigenvalue weighted by Gasteiger charge is 2.20. The lowest BCUT2D eigenvalue weighted by Crippen LogP contribution is -2.41. The van der Waals surface area contributed by atoms with E-state index in [4.69, 9.17) is 5.73 Å². The van der Waals surface area contributed by atoms with Crippen LogP contribution in [0, 0.1) is 0 Å². The van der Waals surface area contributed by atoms with Crippen molar-refractivity contribution in [2.45, 2.75) is 33.2 Å². The number of hydrogen-bond donors (Lipinski definition) is 1. The van der Waals surface area contributed by atoms with Crippen LogP contribution in [0.2, 0.25) is 0 Å². The lowest BCUT2D eigenvalue weighted by atomic mass is 10.1. The van der Waals surface area contributed by atoms with Gasteiger partial charge in [0.1, 0.15) is 11.6 Å². The second-order valence-corrected chi connectivity index (χ2v) is 4.21. The summed E-state index contributed by atoms with van der Waals surface area (Å²) in [6.07, 6.45) is 3.30. The number of rotatable bonds is 2. The van der Waals surface area contributed by atoms with Gasteiger partial charge in [-0.25, -0.2) is 9.97 Å². The molecule has 0 bridgehead atoms. The Morgan fingerprint density at radius 2 is 1.93 bits per heavy atom. The molecular formula is C10H18N4. The topological polar surface area (TPSA) is 55.0 Å². The molecule has 0 atom stereocenters. The molecule has 0 saturated heterocycles. The monoisotopic (exact) mass is 194 g/mol. The largest absolute Gasteiger partial charge is 0.382 e. The summed E-state index contributed by atoms with van der Waals surface area (Å²) < 4.78 is 0. The minimum atomic E-state index is 0.0551. The fourth-order valence-corrected chi connectivity index (χ4v) is 1.45. The van der Waals surface area contributed by atoms with Crippen molar-refractivity contribution in [2.24, 2.45) is 0 Å². The van der Waals surface area contributed by atoms with E-state index in [9.17, 15) is 0 Å². The molecule has 78 valence electrons. The molecule has 4 nitrogen and oxygen atoms in total. The fraction of sp³-hybridized carbons (Fsp3) is 0.600. The minimum absolute atomic E-state index is 0.0551. The van der Waals surface area contributed by atoms with Gasteiger partial charge in [-0.1, -0.05) is 0 Å². The Kier molecular flexibility index (Phi) is 2.93. The third kappa shape index (κ3) is 2.34. The molecule has 0 spiro atoms. The molecule has 0 aliphatic heterocycles. The first-order chi connectivity index (χ1) is 6.45. The molecule has 4 heteroatoms. The first-order valence-electron chi connectivity index (χ1n) is 4.80. The van der Waals surface area contributed by atoms with Gasteiger partial charge in [-0.15, -0.1) is 0 Å². The first-order valence-corrected chi connectivity index (χ1v) is 4.80. The van der Waals surface area contributed by atoms with Crippen LogP contribution in [0.4, 0.5) is 11.6 Å². The van der Waals surface area contributed by atoms with E-state index < -0.39 is 0 Å². The Morgan fingerprint density at radius 3 is 2.29 bits per heavy atom. The van der Waals surface area contributed by atoms with E-state index in [0.29, 0.717) is 5.82 Å². The van der Waals surface area contributed by atoms with Crippen molar-refractivity contribution in [1.29, 1.82) is 0 Å². The highest BCUT2D eigenvalue weighted by atomic mass is 15.2. The molecule has 1 heterocycles. The summed E-state index contributed by atoms with van der Waals surface area (Å²) in [7, 11) is 0. The summed E-state index contributed by atoms with van der Waals surface area (Å²) in [5.41, 5.74) is 5.54. The van der Waals surface area contributed by atoms with E-state index in [1.807, 2.05) is 0 Å². The van der Waals surface area contributed by atoms with Crippen molar-refractivity contribution in [2.75, 3.05) is 17.2 Å². The normalized spacial score (nSPS) is 11.4. The molecule has 0 aliphatic rings. The van der Waals surface area contributed by atoms with Crippen LogP contribution in [-0.4, -0.2) is 22.1 Å². The Bertz CT molecular complexity index is 286. The Labute approximate surface area is 85.2 Å². The molecule has 2 N–H and O–H groups in total. The number of hydrogen-bond acceptors (Lipinski definition) is 4. The van der Waals surface area contributed by atoms with E-state index in [1.54, 1.807) is 12.4 Å². The van der Waals surface area contributed by atoms with Gasteiger partial charge >= 0.3 is 0 Å². The van der Waals surface area contributed by atoms with E-state index in [-0.39, 0.29) is 5.54 Å². The van der Waals surface area contributed by atoms with Crippen molar-refractivity contribution < 1.29 is 0 Å². The van der Waals surface area contributed by atoms with Gasteiger partial charge in [0.2, 0.25) is 0 Å². The third-order valence-corrected chi connectivity index (χ3v) is 2.06. The maximum atomic E-state index is 5.49. The zero-order chi connectivity index (χ0) is 10.8. The SMILES string of the molecule is CCN(c1cnc(N)cn1)C(C)(C)C. The second-order valence-electron chi connectivity index (χ2n) is 4.21. The van der Waals surface area contributed by atoms with E-state index in [0.717, 1.165) is 12.4 Å². The Morgan fingerprint density at radius 1 is 1.29 bits per heavy atom. The molecule has 14 heavy (non-hydrogen) atoms. The predicted molar refractivity (Wildman–Crippen MR) is 59.2 cm³/mol. The molecule has 0 unspecified atom stereocenters. The smallest absolute Gasteiger partial charge is 0.147 e. The first kappa shape index (κ1) is 10.8. The molecule has 0 radical (unpaired) electrons. The number of nitrogens with two attached hydrogens (primary N) is 1. The molecule has 0 fully saturated rings. The Hall–Kier alpha value is -1.32. The lowest BCUT2D eigenvalue weighted by molar-refractivity contribution is 0.508. The molecule has 0 saturated carbocycles. The van der Waals surface area contributed by atoms with Crippen molar-refractivity contribution in [3.05, 3.63) is 12.4 Å². The molecule has 1 aromatic heterocycles. The van der Waals surface area contributed by atoms with Crippen LogP contribution < -0.4 is 10.6 Å². The predicted octanol–water partition coefficient (Wildman–Crippen LogP) is 1.68. The summed E-state index contributed by atoms with van der Waals surface area (Å²) in [4.78, 5) is 10.5. The quantitative estimate of drug-likeness (QED) is 0.778. The van der Waals surface area contributed by atoms with Crippen LogP contribution in [0.5, 0.6) is 0 Å². The van der Waals surface area contributed by atoms with E-state index >= 15 is 0 Å². The number of anilines is 2. The molecule has 1 aromatic rings. The van der Waals surface area contributed by atoms with Gasteiger partial charge in [0.25, 0.3) is 0 Å². The number of aromatic nitrogens is 2. The Balaban J connectivity index is 2.96. The van der Waals surface area contributed by atoms with Crippen LogP contribution in [0.1, 0.15) is 27.7 Å². The second kappa shape index (κ2) is 3.82. The fourth-order valence-electron chi connectivity index (χ4n) is 1.45. The summed E-state index contributed by atoms with van der Waals surface area (Å²) in [6, 6.07) is 0. The van der Waals surface area contributed by atoms with Gasteiger partial charge in [-0.3, -0.25) is 0 Å². The van der Waals surface area contributed by atoms with E-state index in [1.165, 1.54) is 0 Å². The average Bonchev–Trinajstić information content (AvgIpc) is 2.07. The summed E-state index contributed by atoms with van der Waals surface area (Å²) in [5.74, 6) is 1.33. The maximum absolute atomic E-state index is 5.49. The van der Waals surface area contributed by atoms with Gasteiger partial charge in [0.05, 0.1) is 12.4 Å². The van der Waals surface area contributed by atoms with Crippen molar-refractivity contribution >= 4 is 11.6 Å². The average molecular weight is 194 g/mol. The minimum Gasteiger partial charge on any atom is -0.382 e. The van der Waals surface area contributed by atoms with Crippen LogP contribution in [0.25, 0.3) is 0 Å². The molecule has 1 rings (SSSR count). The third-order valence-electron chi connectivity index (χ3n) is 2.06. The standard InChI is InChI=1S/C10H18N4/c1-5-14(10(2,3)4)9-7-12-8(11)6-13-9/h6-7H,5H2,1-4H3,(H2,11,12). The lowest BCUT2D eigenvalue weighted by Gasteiger charge is -2.35. The van der Waals surface area contributed by atoms with Crippen molar-refractivity contribution in [1.82, 2.24) is 9.97 Å². The van der Waals surface area contributed by atoms with Crippen LogP contribution >= 0.6 is 0 Å². The molecule has 0 amide bonds. The summed E-state index contributed by atoms with van der Waals surface area (Å²) in [5, 5.41) is 0. The maximum Gasteiger partial charge on any atom is 0.147 e. The molecule has 0 aromatic carbocycles.